The molecule has 0 saturated heterocycles. The Balaban J connectivity index is 3.06. The van der Waals surface area contributed by atoms with E-state index in [0.29, 0.717) is 0 Å². The maximum atomic E-state index is 10.8. The minimum absolute atomic E-state index is 0.253. The zero-order valence-electron chi connectivity index (χ0n) is 13.2. The third kappa shape index (κ3) is 15.2. The molecule has 0 rings (SSSR count). The van der Waals surface area contributed by atoms with Gasteiger partial charge in [0.2, 0.25) is 0 Å². The predicted molar refractivity (Wildman–Crippen MR) is 85.6 cm³/mol. The van der Waals surface area contributed by atoms with Crippen LogP contribution in [0.15, 0.2) is 12.2 Å². The molecular formula is C17H33NO2. The van der Waals surface area contributed by atoms with Crippen LogP contribution in [0.25, 0.3) is 0 Å². The van der Waals surface area contributed by atoms with Crippen molar-refractivity contribution in [3.63, 3.8) is 0 Å². The minimum atomic E-state index is -0.253. The van der Waals surface area contributed by atoms with Gasteiger partial charge in [-0.2, -0.15) is 0 Å². The molecule has 0 aliphatic carbocycles. The van der Waals surface area contributed by atoms with Gasteiger partial charge in [-0.15, -0.1) is 0 Å². The Bertz CT molecular complexity index is 239. The fourth-order valence-electron chi connectivity index (χ4n) is 2.25. The Morgan fingerprint density at radius 3 is 1.75 bits per heavy atom. The van der Waals surface area contributed by atoms with Crippen molar-refractivity contribution >= 4 is 5.97 Å². The molecule has 0 aromatic heterocycles. The molecule has 0 aromatic carbocycles. The first-order valence-electron chi connectivity index (χ1n) is 8.26. The van der Waals surface area contributed by atoms with Crippen molar-refractivity contribution in [2.45, 2.75) is 77.0 Å². The lowest BCUT2D eigenvalue weighted by atomic mass is 10.1. The Kier molecular flexibility index (Phi) is 15.6. The number of carbonyl (C=O) groups excluding carboxylic acids is 1. The Morgan fingerprint density at radius 2 is 1.30 bits per heavy atom. The number of rotatable bonds is 14. The van der Waals surface area contributed by atoms with Crippen LogP contribution in [0.2, 0.25) is 0 Å². The minimum Gasteiger partial charge on any atom is -0.466 e. The summed E-state index contributed by atoms with van der Waals surface area (Å²) in [6.45, 7) is 0.842. The number of carbonyl (C=O) groups is 1. The molecule has 0 spiro atoms. The summed E-state index contributed by atoms with van der Waals surface area (Å²) in [4.78, 5) is 10.8. The molecule has 0 bridgehead atoms. The van der Waals surface area contributed by atoms with E-state index >= 15 is 0 Å². The summed E-state index contributed by atoms with van der Waals surface area (Å²) >= 11 is 0. The van der Waals surface area contributed by atoms with Gasteiger partial charge >= 0.3 is 5.97 Å². The molecule has 118 valence electrons. The summed E-state index contributed by atoms with van der Waals surface area (Å²) in [5.74, 6) is -0.253. The van der Waals surface area contributed by atoms with Crippen molar-refractivity contribution in [1.29, 1.82) is 0 Å². The van der Waals surface area contributed by atoms with E-state index in [-0.39, 0.29) is 5.97 Å². The monoisotopic (exact) mass is 283 g/mol. The van der Waals surface area contributed by atoms with Crippen molar-refractivity contribution in [1.82, 2.24) is 0 Å². The van der Waals surface area contributed by atoms with Gasteiger partial charge in [-0.1, -0.05) is 63.9 Å². The molecule has 0 aliphatic heterocycles. The second kappa shape index (κ2) is 16.2. The molecule has 0 atom stereocenters. The molecule has 20 heavy (non-hydrogen) atoms. The average Bonchev–Trinajstić information content (AvgIpc) is 2.47. The summed E-state index contributed by atoms with van der Waals surface area (Å²) in [5, 5.41) is 0. The van der Waals surface area contributed by atoms with Crippen LogP contribution in [0.4, 0.5) is 0 Å². The number of methoxy groups -OCH3 is 1. The summed E-state index contributed by atoms with van der Waals surface area (Å²) in [6.07, 6.45) is 18.9. The van der Waals surface area contributed by atoms with Crippen LogP contribution in [0.1, 0.15) is 77.0 Å². The molecule has 0 radical (unpaired) electrons. The molecule has 2 N–H and O–H groups in total. The maximum Gasteiger partial charge on any atom is 0.330 e. The Morgan fingerprint density at radius 1 is 0.850 bits per heavy atom. The SMILES string of the molecule is COC(=O)C=CCCCCCCCCCCCCCN. The first kappa shape index (κ1) is 19.2. The second-order valence-electron chi connectivity index (χ2n) is 5.39. The van der Waals surface area contributed by atoms with Gasteiger partial charge in [0, 0.05) is 6.08 Å². The van der Waals surface area contributed by atoms with Crippen molar-refractivity contribution in [2.75, 3.05) is 13.7 Å². The number of allylic oxidation sites excluding steroid dienone is 1. The molecule has 0 aromatic rings. The van der Waals surface area contributed by atoms with E-state index in [2.05, 4.69) is 4.74 Å². The third-order valence-corrected chi connectivity index (χ3v) is 3.53. The Labute approximate surface area is 125 Å². The lowest BCUT2D eigenvalue weighted by Crippen LogP contribution is -1.97. The molecule has 3 heteroatoms. The maximum absolute atomic E-state index is 10.8. The number of unbranched alkanes of at least 4 members (excludes halogenated alkanes) is 11. The number of nitrogens with two attached hydrogens (primary N) is 1. The van der Waals surface area contributed by atoms with Gasteiger partial charge in [0.15, 0.2) is 0 Å². The van der Waals surface area contributed by atoms with Gasteiger partial charge in [-0.05, 0) is 25.8 Å². The van der Waals surface area contributed by atoms with E-state index in [0.717, 1.165) is 13.0 Å². The van der Waals surface area contributed by atoms with E-state index in [4.69, 9.17) is 5.73 Å². The summed E-state index contributed by atoms with van der Waals surface area (Å²) in [7, 11) is 1.41. The van der Waals surface area contributed by atoms with Crippen LogP contribution in [0.3, 0.4) is 0 Å². The highest BCUT2D eigenvalue weighted by Gasteiger charge is 1.93. The van der Waals surface area contributed by atoms with Gasteiger partial charge < -0.3 is 10.5 Å². The van der Waals surface area contributed by atoms with Crippen LogP contribution in [0, 0.1) is 0 Å². The number of hydrogen-bond acceptors (Lipinski definition) is 3. The van der Waals surface area contributed by atoms with Gasteiger partial charge in [-0.3, -0.25) is 0 Å². The lowest BCUT2D eigenvalue weighted by molar-refractivity contribution is -0.134. The van der Waals surface area contributed by atoms with Crippen LogP contribution in [0.5, 0.6) is 0 Å². The van der Waals surface area contributed by atoms with E-state index in [1.165, 1.54) is 83.8 Å². The Hall–Kier alpha value is -0.830. The van der Waals surface area contributed by atoms with Crippen molar-refractivity contribution < 1.29 is 9.53 Å². The second-order valence-corrected chi connectivity index (χ2v) is 5.39. The van der Waals surface area contributed by atoms with E-state index < -0.39 is 0 Å². The largest absolute Gasteiger partial charge is 0.466 e. The quantitative estimate of drug-likeness (QED) is 0.293. The van der Waals surface area contributed by atoms with Crippen molar-refractivity contribution in [2.24, 2.45) is 5.73 Å². The molecule has 0 unspecified atom stereocenters. The van der Waals surface area contributed by atoms with Crippen LogP contribution in [-0.4, -0.2) is 19.6 Å². The first-order valence-corrected chi connectivity index (χ1v) is 8.26. The third-order valence-electron chi connectivity index (χ3n) is 3.53. The first-order chi connectivity index (χ1) is 9.81. The van der Waals surface area contributed by atoms with Crippen LogP contribution in [-0.2, 0) is 9.53 Å². The molecule has 0 aliphatic rings. The van der Waals surface area contributed by atoms with Crippen molar-refractivity contribution in [3.8, 4) is 0 Å². The fourth-order valence-corrected chi connectivity index (χ4v) is 2.25. The normalized spacial score (nSPS) is 11.1. The van der Waals surface area contributed by atoms with Crippen LogP contribution >= 0.6 is 0 Å². The molecule has 0 heterocycles. The molecule has 0 fully saturated rings. The molecule has 3 nitrogen and oxygen atoms in total. The number of hydrogen-bond donors (Lipinski definition) is 1. The smallest absolute Gasteiger partial charge is 0.330 e. The van der Waals surface area contributed by atoms with E-state index in [9.17, 15) is 4.79 Å². The van der Waals surface area contributed by atoms with Gasteiger partial charge in [0.25, 0.3) is 0 Å². The standard InChI is InChI=1S/C17H33NO2/c1-20-17(19)15-13-11-9-7-5-3-2-4-6-8-10-12-14-16-18/h13,15H,2-12,14,16,18H2,1H3. The van der Waals surface area contributed by atoms with Gasteiger partial charge in [-0.25, -0.2) is 4.79 Å². The van der Waals surface area contributed by atoms with E-state index in [1.807, 2.05) is 6.08 Å². The van der Waals surface area contributed by atoms with E-state index in [1.54, 1.807) is 0 Å². The highest BCUT2D eigenvalue weighted by molar-refractivity contribution is 5.81. The average molecular weight is 283 g/mol. The summed E-state index contributed by atoms with van der Waals surface area (Å²) in [5.41, 5.74) is 5.46. The summed E-state index contributed by atoms with van der Waals surface area (Å²) < 4.78 is 4.53. The fraction of sp³-hybridized carbons (Fsp3) is 0.824. The zero-order chi connectivity index (χ0) is 14.9. The molecule has 0 saturated carbocycles. The predicted octanol–water partition coefficient (Wildman–Crippen LogP) is 4.36. The number of ether oxygens (including phenoxy) is 1. The topological polar surface area (TPSA) is 52.3 Å². The lowest BCUT2D eigenvalue weighted by Gasteiger charge is -2.02. The van der Waals surface area contributed by atoms with Gasteiger partial charge in [0.1, 0.15) is 0 Å². The summed E-state index contributed by atoms with van der Waals surface area (Å²) in [6, 6.07) is 0. The van der Waals surface area contributed by atoms with Gasteiger partial charge in [0.05, 0.1) is 7.11 Å². The molecular weight excluding hydrogens is 250 g/mol. The number of esters is 1. The highest BCUT2D eigenvalue weighted by Crippen LogP contribution is 2.11. The van der Waals surface area contributed by atoms with Crippen molar-refractivity contribution in [3.05, 3.63) is 12.2 Å². The molecule has 0 amide bonds. The van der Waals surface area contributed by atoms with Crippen LogP contribution < -0.4 is 5.73 Å². The highest BCUT2D eigenvalue weighted by atomic mass is 16.5. The zero-order valence-corrected chi connectivity index (χ0v) is 13.2.